The van der Waals surface area contributed by atoms with Crippen LogP contribution in [-0.2, 0) is 20.8 Å². The first-order chi connectivity index (χ1) is 14.4. The van der Waals surface area contributed by atoms with Gasteiger partial charge in [-0.3, -0.25) is 9.59 Å². The predicted octanol–water partition coefficient (Wildman–Crippen LogP) is 3.24. The third-order valence-corrected chi connectivity index (χ3v) is 7.72. The first-order valence-corrected chi connectivity index (χ1v) is 11.3. The van der Waals surface area contributed by atoms with Gasteiger partial charge in [-0.15, -0.1) is 0 Å². The molecule has 2 amide bonds. The van der Waals surface area contributed by atoms with E-state index in [-0.39, 0.29) is 24.3 Å². The standard InChI is InChI=1S/C24H32N2O4/c1-3-24(23(29)30,14-13-17-9-5-4-6-10-17)26-16(2)21(27)25-19-12-8-7-11-18(19)15-20(25)22(26)28/h4-6,9-10,16,18-20H,3,7-8,11-15H2,1-2H3,(H,29,30)/t16-,18-,19-,20-,24-/m0/s1. The Hall–Kier alpha value is -2.37. The van der Waals surface area contributed by atoms with Crippen molar-refractivity contribution < 1.29 is 19.5 Å². The van der Waals surface area contributed by atoms with Crippen LogP contribution in [0.5, 0.6) is 0 Å². The van der Waals surface area contributed by atoms with Crippen molar-refractivity contribution >= 4 is 17.8 Å². The van der Waals surface area contributed by atoms with Crippen LogP contribution in [0.2, 0.25) is 0 Å². The zero-order valence-electron chi connectivity index (χ0n) is 17.9. The van der Waals surface area contributed by atoms with Gasteiger partial charge in [-0.1, -0.05) is 50.1 Å². The van der Waals surface area contributed by atoms with Gasteiger partial charge >= 0.3 is 5.97 Å². The Kier molecular flexibility index (Phi) is 5.60. The van der Waals surface area contributed by atoms with Crippen LogP contribution in [0.25, 0.3) is 0 Å². The molecule has 3 fully saturated rings. The van der Waals surface area contributed by atoms with Crippen molar-refractivity contribution in [1.82, 2.24) is 9.80 Å². The number of fused-ring (bicyclic) bond motifs is 3. The van der Waals surface area contributed by atoms with E-state index in [0.717, 1.165) is 31.2 Å². The summed E-state index contributed by atoms with van der Waals surface area (Å²) in [6.45, 7) is 3.52. The van der Waals surface area contributed by atoms with Gasteiger partial charge in [-0.05, 0) is 56.9 Å². The molecule has 0 aromatic heterocycles. The number of aliphatic carboxylic acids is 1. The maximum absolute atomic E-state index is 13.7. The Balaban J connectivity index is 1.66. The topological polar surface area (TPSA) is 77.9 Å². The van der Waals surface area contributed by atoms with Gasteiger partial charge in [0.25, 0.3) is 0 Å². The number of carbonyl (C=O) groups is 3. The number of carbonyl (C=O) groups excluding carboxylic acids is 2. The van der Waals surface area contributed by atoms with E-state index in [1.165, 1.54) is 4.90 Å². The lowest BCUT2D eigenvalue weighted by Crippen LogP contribution is -2.71. The molecule has 6 nitrogen and oxygen atoms in total. The Bertz CT molecular complexity index is 826. The fourth-order valence-corrected chi connectivity index (χ4v) is 6.08. The second-order valence-corrected chi connectivity index (χ2v) is 9.17. The molecule has 2 heterocycles. The van der Waals surface area contributed by atoms with Gasteiger partial charge in [0.15, 0.2) is 0 Å². The van der Waals surface area contributed by atoms with Crippen molar-refractivity contribution in [3.05, 3.63) is 35.9 Å². The number of carboxylic acids is 1. The predicted molar refractivity (Wildman–Crippen MR) is 113 cm³/mol. The molecule has 0 spiro atoms. The number of aryl methyl sites for hydroxylation is 1. The highest BCUT2D eigenvalue weighted by molar-refractivity contribution is 6.00. The Morgan fingerprint density at radius 3 is 2.50 bits per heavy atom. The molecule has 5 atom stereocenters. The van der Waals surface area contributed by atoms with Gasteiger partial charge in [-0.2, -0.15) is 0 Å². The molecule has 30 heavy (non-hydrogen) atoms. The normalized spacial score (nSPS) is 30.6. The second kappa shape index (κ2) is 8.05. The molecule has 0 bridgehead atoms. The van der Waals surface area contributed by atoms with Crippen LogP contribution in [0.15, 0.2) is 30.3 Å². The van der Waals surface area contributed by atoms with Crippen LogP contribution >= 0.6 is 0 Å². The highest BCUT2D eigenvalue weighted by Gasteiger charge is 2.59. The van der Waals surface area contributed by atoms with E-state index in [2.05, 4.69) is 0 Å². The fourth-order valence-electron chi connectivity index (χ4n) is 6.08. The molecule has 6 heteroatoms. The Morgan fingerprint density at radius 2 is 1.83 bits per heavy atom. The van der Waals surface area contributed by atoms with E-state index in [0.29, 0.717) is 25.2 Å². The van der Waals surface area contributed by atoms with E-state index in [9.17, 15) is 19.5 Å². The molecular weight excluding hydrogens is 380 g/mol. The number of hydrogen-bond acceptors (Lipinski definition) is 3. The maximum atomic E-state index is 13.7. The second-order valence-electron chi connectivity index (χ2n) is 9.17. The van der Waals surface area contributed by atoms with Crippen molar-refractivity contribution in [1.29, 1.82) is 0 Å². The quantitative estimate of drug-likeness (QED) is 0.778. The van der Waals surface area contributed by atoms with Crippen molar-refractivity contribution in [3.8, 4) is 0 Å². The smallest absolute Gasteiger partial charge is 0.329 e. The van der Waals surface area contributed by atoms with Crippen molar-refractivity contribution in [3.63, 3.8) is 0 Å². The molecule has 0 unspecified atom stereocenters. The minimum atomic E-state index is -1.37. The summed E-state index contributed by atoms with van der Waals surface area (Å²) in [4.78, 5) is 43.0. The number of benzene rings is 1. The Labute approximate surface area is 178 Å². The molecule has 1 aromatic carbocycles. The third-order valence-electron chi connectivity index (χ3n) is 7.72. The molecule has 2 aliphatic heterocycles. The van der Waals surface area contributed by atoms with Crippen LogP contribution in [0.4, 0.5) is 0 Å². The van der Waals surface area contributed by atoms with Crippen LogP contribution in [0, 0.1) is 5.92 Å². The lowest BCUT2D eigenvalue weighted by atomic mass is 9.83. The monoisotopic (exact) mass is 412 g/mol. The highest BCUT2D eigenvalue weighted by atomic mass is 16.4. The summed E-state index contributed by atoms with van der Waals surface area (Å²) in [7, 11) is 0. The summed E-state index contributed by atoms with van der Waals surface area (Å²) in [6.07, 6.45) is 6.05. The average Bonchev–Trinajstić information content (AvgIpc) is 3.15. The van der Waals surface area contributed by atoms with Crippen LogP contribution in [0.3, 0.4) is 0 Å². The number of hydrogen-bond donors (Lipinski definition) is 1. The van der Waals surface area contributed by atoms with Gasteiger partial charge < -0.3 is 14.9 Å². The summed E-state index contributed by atoms with van der Waals surface area (Å²) < 4.78 is 0. The first-order valence-electron chi connectivity index (χ1n) is 11.3. The van der Waals surface area contributed by atoms with E-state index in [4.69, 9.17) is 0 Å². The fraction of sp³-hybridized carbons (Fsp3) is 0.625. The van der Waals surface area contributed by atoms with Gasteiger partial charge in [0.2, 0.25) is 11.8 Å². The number of amides is 2. The molecule has 1 aromatic rings. The first kappa shape index (κ1) is 20.9. The maximum Gasteiger partial charge on any atom is 0.329 e. The lowest BCUT2D eigenvalue weighted by Gasteiger charge is -2.50. The molecule has 1 saturated carbocycles. The van der Waals surface area contributed by atoms with Gasteiger partial charge in [0.05, 0.1) is 0 Å². The summed E-state index contributed by atoms with van der Waals surface area (Å²) in [5.74, 6) is -0.895. The highest BCUT2D eigenvalue weighted by Crippen LogP contribution is 2.44. The number of rotatable bonds is 6. The largest absolute Gasteiger partial charge is 0.479 e. The lowest BCUT2D eigenvalue weighted by molar-refractivity contribution is -0.177. The summed E-state index contributed by atoms with van der Waals surface area (Å²) in [5.41, 5.74) is -0.337. The summed E-state index contributed by atoms with van der Waals surface area (Å²) in [6, 6.07) is 8.63. The molecular formula is C24H32N2O4. The van der Waals surface area contributed by atoms with Crippen LogP contribution in [-0.4, -0.2) is 56.4 Å². The Morgan fingerprint density at radius 1 is 1.13 bits per heavy atom. The van der Waals surface area contributed by atoms with Crippen LogP contribution in [0.1, 0.15) is 64.4 Å². The minimum Gasteiger partial charge on any atom is -0.479 e. The third kappa shape index (κ3) is 3.21. The molecule has 1 aliphatic carbocycles. The molecule has 162 valence electrons. The van der Waals surface area contributed by atoms with E-state index >= 15 is 0 Å². The number of nitrogens with zero attached hydrogens (tertiary/aromatic N) is 2. The zero-order valence-corrected chi connectivity index (χ0v) is 17.9. The van der Waals surface area contributed by atoms with Crippen LogP contribution < -0.4 is 0 Å². The van der Waals surface area contributed by atoms with E-state index in [1.54, 1.807) is 6.92 Å². The summed E-state index contributed by atoms with van der Waals surface area (Å²) >= 11 is 0. The number of piperazine rings is 1. The molecule has 2 saturated heterocycles. The SMILES string of the molecule is CC[C@](CCc1ccccc1)(C(=O)O)N1C(=O)[C@@H]2C[C@@H]3CCCC[C@@H]3N2C(=O)[C@@H]1C. The van der Waals surface area contributed by atoms with E-state index < -0.39 is 23.6 Å². The summed E-state index contributed by atoms with van der Waals surface area (Å²) in [5, 5.41) is 10.3. The minimum absolute atomic E-state index is 0.0761. The molecule has 4 rings (SSSR count). The van der Waals surface area contributed by atoms with Gasteiger partial charge in [-0.25, -0.2) is 4.79 Å². The molecule has 0 radical (unpaired) electrons. The molecule has 3 aliphatic rings. The van der Waals surface area contributed by atoms with Crippen molar-refractivity contribution in [2.24, 2.45) is 5.92 Å². The average molecular weight is 413 g/mol. The van der Waals surface area contributed by atoms with E-state index in [1.807, 2.05) is 42.2 Å². The van der Waals surface area contributed by atoms with Crippen molar-refractivity contribution in [2.75, 3.05) is 0 Å². The van der Waals surface area contributed by atoms with Gasteiger partial charge in [0, 0.05) is 6.04 Å². The zero-order chi connectivity index (χ0) is 21.5. The van der Waals surface area contributed by atoms with Gasteiger partial charge in [0.1, 0.15) is 17.6 Å². The molecule has 1 N–H and O–H groups in total. The van der Waals surface area contributed by atoms with Crippen molar-refractivity contribution in [2.45, 2.75) is 88.9 Å². The number of carboxylic acid groups (broad SMARTS) is 1.